The van der Waals surface area contributed by atoms with Gasteiger partial charge < -0.3 is 89.9 Å². The molecule has 0 radical (unpaired) electrons. The summed E-state index contributed by atoms with van der Waals surface area (Å²) in [6, 6.07) is -0.998. The van der Waals surface area contributed by atoms with Crippen LogP contribution in [-0.2, 0) is 33.2 Å². The Kier molecular flexibility index (Phi) is 48.0. The van der Waals surface area contributed by atoms with Gasteiger partial charge in [0.05, 0.1) is 38.6 Å². The molecule has 12 N–H and O–H groups in total. The Hall–Kier alpha value is -3.03. The average molecular weight is 1290 g/mol. The highest BCUT2D eigenvalue weighted by Crippen LogP contribution is 2.33. The van der Waals surface area contributed by atoms with Gasteiger partial charge in [-0.3, -0.25) is 4.79 Å². The lowest BCUT2D eigenvalue weighted by atomic mass is 9.96. The van der Waals surface area contributed by atoms with E-state index in [1.54, 1.807) is 6.08 Å². The third kappa shape index (κ3) is 35.0. The minimum atomic E-state index is -1.98. The number of carbonyl (C=O) groups excluding carboxylic acids is 1. The molecule has 19 nitrogen and oxygen atoms in total. The number of allylic oxidation sites excluding steroid dienone is 13. The molecule has 3 rings (SSSR count). The molecule has 0 aromatic carbocycles. The molecule has 3 fully saturated rings. The summed E-state index contributed by atoms with van der Waals surface area (Å²) in [4.78, 5) is 13.4. The monoisotopic (exact) mass is 1290 g/mol. The van der Waals surface area contributed by atoms with E-state index < -0.39 is 124 Å². The number of aliphatic hydroxyl groups is 11. The number of carbonyl (C=O) groups is 1. The van der Waals surface area contributed by atoms with E-state index in [2.05, 4.69) is 92.1 Å². The van der Waals surface area contributed by atoms with E-state index in [0.717, 1.165) is 70.6 Å². The molecule has 0 aliphatic carbocycles. The van der Waals surface area contributed by atoms with Crippen LogP contribution in [0.15, 0.2) is 85.1 Å². The number of ether oxygens (including phenoxy) is 6. The largest absolute Gasteiger partial charge is 0.394 e. The summed E-state index contributed by atoms with van der Waals surface area (Å²) in [5.74, 6) is -0.291. The van der Waals surface area contributed by atoms with E-state index >= 15 is 0 Å². The predicted molar refractivity (Wildman–Crippen MR) is 355 cm³/mol. The summed E-state index contributed by atoms with van der Waals surface area (Å²) in [5.41, 5.74) is 0. The smallest absolute Gasteiger partial charge is 0.220 e. The van der Waals surface area contributed by atoms with Crippen molar-refractivity contribution in [3.63, 3.8) is 0 Å². The minimum absolute atomic E-state index is 0.230. The highest BCUT2D eigenvalue weighted by molar-refractivity contribution is 5.76. The van der Waals surface area contributed by atoms with E-state index in [9.17, 15) is 61.0 Å². The van der Waals surface area contributed by atoms with E-state index in [-0.39, 0.29) is 18.9 Å². The first kappa shape index (κ1) is 82.2. The third-order valence-electron chi connectivity index (χ3n) is 17.2. The number of rotatable bonds is 53. The van der Waals surface area contributed by atoms with Gasteiger partial charge in [0, 0.05) is 6.42 Å². The molecule has 3 aliphatic heterocycles. The van der Waals surface area contributed by atoms with Gasteiger partial charge in [0.1, 0.15) is 73.2 Å². The number of hydrogen-bond acceptors (Lipinski definition) is 18. The number of hydrogen-bond donors (Lipinski definition) is 12. The van der Waals surface area contributed by atoms with Crippen LogP contribution in [0.5, 0.6) is 0 Å². The first-order valence-corrected chi connectivity index (χ1v) is 35.3. The highest BCUT2D eigenvalue weighted by atomic mass is 16.8. The third-order valence-corrected chi connectivity index (χ3v) is 17.2. The molecule has 1 amide bonds. The second kappa shape index (κ2) is 53.2. The Labute approximate surface area is 546 Å². The Morgan fingerprint density at radius 1 is 0.407 bits per heavy atom. The van der Waals surface area contributed by atoms with E-state index in [0.29, 0.717) is 12.8 Å². The highest BCUT2D eigenvalue weighted by Gasteiger charge is 2.53. The number of nitrogens with one attached hydrogen (secondary N) is 1. The molecule has 0 saturated carbocycles. The van der Waals surface area contributed by atoms with Crippen molar-refractivity contribution in [3.8, 4) is 0 Å². The van der Waals surface area contributed by atoms with Gasteiger partial charge in [-0.15, -0.1) is 0 Å². The fraction of sp³-hybridized carbons (Fsp3) is 0.792. The number of amides is 1. The van der Waals surface area contributed by atoms with Crippen LogP contribution in [0.2, 0.25) is 0 Å². The van der Waals surface area contributed by atoms with E-state index in [4.69, 9.17) is 28.4 Å². The van der Waals surface area contributed by atoms with Crippen LogP contribution in [0.3, 0.4) is 0 Å². The zero-order valence-electron chi connectivity index (χ0n) is 55.5. The van der Waals surface area contributed by atoms with Crippen LogP contribution in [0, 0.1) is 0 Å². The SMILES string of the molecule is CC/C=C\C/C=C\C/C=C\C/C=C\CCCCCCCCCCCCCCCCCCCCCCC(=O)NC(COC1OC(CO)C(OC2OC(CO)C(OC3OC(CO)C(O)C(O)C3O)C(O)C2O)C(O)C1O)C(O)/C=C/CC/C=C/CC/C=C/CCCCC. The van der Waals surface area contributed by atoms with Crippen LogP contribution in [0.1, 0.15) is 232 Å². The second-order valence-electron chi connectivity index (χ2n) is 24.9. The molecule has 526 valence electrons. The first-order valence-electron chi connectivity index (χ1n) is 35.3. The minimum Gasteiger partial charge on any atom is -0.394 e. The molecule has 17 unspecified atom stereocenters. The van der Waals surface area contributed by atoms with Crippen LogP contribution < -0.4 is 5.32 Å². The van der Waals surface area contributed by atoms with Gasteiger partial charge in [-0.25, -0.2) is 0 Å². The normalized spacial score (nSPS) is 28.4. The van der Waals surface area contributed by atoms with Crippen molar-refractivity contribution < 1.29 is 89.4 Å². The molecule has 0 bridgehead atoms. The van der Waals surface area contributed by atoms with Crippen molar-refractivity contribution in [2.75, 3.05) is 26.4 Å². The molecule has 0 spiro atoms. The van der Waals surface area contributed by atoms with Crippen molar-refractivity contribution in [2.24, 2.45) is 0 Å². The van der Waals surface area contributed by atoms with Crippen molar-refractivity contribution in [2.45, 2.75) is 336 Å². The van der Waals surface area contributed by atoms with E-state index in [1.807, 2.05) is 6.08 Å². The Balaban J connectivity index is 1.36. The molecular formula is C72H125NO18. The summed E-state index contributed by atoms with van der Waals surface area (Å²) >= 11 is 0. The predicted octanol–water partition coefficient (Wildman–Crippen LogP) is 9.49. The van der Waals surface area contributed by atoms with Crippen LogP contribution >= 0.6 is 0 Å². The van der Waals surface area contributed by atoms with Crippen LogP contribution in [-0.4, -0.2) is 193 Å². The number of aliphatic hydroxyl groups excluding tert-OH is 11. The Bertz CT molecular complexity index is 1980. The fourth-order valence-electron chi connectivity index (χ4n) is 11.4. The maximum Gasteiger partial charge on any atom is 0.220 e. The Morgan fingerprint density at radius 2 is 0.769 bits per heavy atom. The van der Waals surface area contributed by atoms with Gasteiger partial charge in [-0.05, 0) is 83.5 Å². The summed E-state index contributed by atoms with van der Waals surface area (Å²) in [6.45, 7) is 1.55. The molecule has 3 saturated heterocycles. The Morgan fingerprint density at radius 3 is 1.23 bits per heavy atom. The van der Waals surface area contributed by atoms with Gasteiger partial charge in [0.2, 0.25) is 5.91 Å². The van der Waals surface area contributed by atoms with Gasteiger partial charge in [0.15, 0.2) is 18.9 Å². The molecule has 17 atom stereocenters. The second-order valence-corrected chi connectivity index (χ2v) is 24.9. The van der Waals surface area contributed by atoms with Crippen LogP contribution in [0.4, 0.5) is 0 Å². The van der Waals surface area contributed by atoms with Crippen molar-refractivity contribution >= 4 is 5.91 Å². The molecule has 19 heteroatoms. The quantitative estimate of drug-likeness (QED) is 0.0199. The first-order chi connectivity index (χ1) is 44.3. The summed E-state index contributed by atoms with van der Waals surface area (Å²) in [5, 5.41) is 120. The lowest BCUT2D eigenvalue weighted by molar-refractivity contribution is -0.379. The van der Waals surface area contributed by atoms with Gasteiger partial charge in [-0.2, -0.15) is 0 Å². The molecule has 91 heavy (non-hydrogen) atoms. The summed E-state index contributed by atoms with van der Waals surface area (Å²) in [7, 11) is 0. The average Bonchev–Trinajstić information content (AvgIpc) is 0.871. The maximum atomic E-state index is 13.4. The van der Waals surface area contributed by atoms with Crippen molar-refractivity contribution in [3.05, 3.63) is 85.1 Å². The van der Waals surface area contributed by atoms with Gasteiger partial charge >= 0.3 is 0 Å². The zero-order valence-corrected chi connectivity index (χ0v) is 55.5. The van der Waals surface area contributed by atoms with Crippen LogP contribution in [0.25, 0.3) is 0 Å². The molecule has 3 aliphatic rings. The van der Waals surface area contributed by atoms with Crippen molar-refractivity contribution in [1.82, 2.24) is 5.32 Å². The summed E-state index contributed by atoms with van der Waals surface area (Å²) < 4.78 is 34.3. The zero-order chi connectivity index (χ0) is 66.1. The molecule has 0 aromatic rings. The summed E-state index contributed by atoms with van der Waals surface area (Å²) in [6.07, 6.45) is 41.6. The molecular weight excluding hydrogens is 1170 g/mol. The standard InChI is InChI=1S/C72H125NO18/c1-3-5-7-9-11-13-15-17-18-19-20-21-22-23-24-25-26-27-28-29-30-31-32-33-34-35-36-38-40-42-44-46-48-50-60(78)73-55(56(77)49-47-45-43-41-39-37-16-14-12-10-8-6-4-2)54-86-70-66(84)63(81)68(58(52-75)88-70)91-72-67(85)64(82)69(59(53-76)89-72)90-71-65(83)62(80)61(79)57(51-74)87-71/h5,7,11-14,17-18,20-21,39,41,47,49,55-59,61-72,74-77,79-85H,3-4,6,8-10,15-16,19,22-38,40,42-46,48,50-54H2,1-2H3,(H,73,78)/b7-5-,13-11-,14-12+,18-17-,21-20-,41-39+,49-47+. The van der Waals surface area contributed by atoms with Gasteiger partial charge in [0.25, 0.3) is 0 Å². The lowest BCUT2D eigenvalue weighted by Gasteiger charge is -2.48. The fourth-order valence-corrected chi connectivity index (χ4v) is 11.4. The van der Waals surface area contributed by atoms with E-state index in [1.165, 1.54) is 128 Å². The molecule has 3 heterocycles. The maximum absolute atomic E-state index is 13.4. The molecule has 0 aromatic heterocycles. The lowest BCUT2D eigenvalue weighted by Crippen LogP contribution is -2.66. The van der Waals surface area contributed by atoms with Gasteiger partial charge in [-0.1, -0.05) is 227 Å². The van der Waals surface area contributed by atoms with Crippen molar-refractivity contribution in [1.29, 1.82) is 0 Å². The number of unbranched alkanes of at least 4 members (excludes halogenated alkanes) is 25. The topological polar surface area (TPSA) is 307 Å².